The topological polar surface area (TPSA) is 57.7 Å². The molecule has 9 heteroatoms. The van der Waals surface area contributed by atoms with Crippen LogP contribution < -0.4 is 10.1 Å². The lowest BCUT2D eigenvalue weighted by molar-refractivity contribution is -0.137. The van der Waals surface area contributed by atoms with Gasteiger partial charge in [0.15, 0.2) is 0 Å². The third-order valence-electron chi connectivity index (χ3n) is 10.6. The molecule has 2 aliphatic heterocycles. The van der Waals surface area contributed by atoms with E-state index in [1.807, 2.05) is 48.5 Å². The van der Waals surface area contributed by atoms with Crippen molar-refractivity contribution in [2.75, 3.05) is 32.8 Å². The van der Waals surface area contributed by atoms with Crippen molar-refractivity contribution >= 4 is 16.8 Å². The van der Waals surface area contributed by atoms with Crippen molar-refractivity contribution in [1.29, 1.82) is 0 Å². The minimum Gasteiger partial charge on any atom is -0.493 e. The first-order valence-electron chi connectivity index (χ1n) is 18.2. The van der Waals surface area contributed by atoms with E-state index < -0.39 is 17.3 Å². The van der Waals surface area contributed by atoms with E-state index in [1.165, 1.54) is 25.3 Å². The fraction of sp³-hybridized carbons (Fsp3) is 0.463. The monoisotopic (exact) mass is 684 g/mol. The highest BCUT2D eigenvalue weighted by Crippen LogP contribution is 2.46. The highest BCUT2D eigenvalue weighted by Gasteiger charge is 2.46. The van der Waals surface area contributed by atoms with Crippen LogP contribution >= 0.6 is 0 Å². The van der Waals surface area contributed by atoms with E-state index in [4.69, 9.17) is 9.72 Å². The zero-order valence-corrected chi connectivity index (χ0v) is 29.1. The van der Waals surface area contributed by atoms with E-state index in [9.17, 15) is 18.0 Å². The van der Waals surface area contributed by atoms with Crippen LogP contribution in [0.4, 0.5) is 13.2 Å². The summed E-state index contributed by atoms with van der Waals surface area (Å²) in [5.74, 6) is 0.673. The van der Waals surface area contributed by atoms with Gasteiger partial charge in [0.2, 0.25) is 0 Å². The number of amides is 1. The molecular formula is C41H47F3N4O2. The molecule has 50 heavy (non-hydrogen) atoms. The Balaban J connectivity index is 1.33. The molecule has 6 nitrogen and oxygen atoms in total. The molecule has 3 heterocycles. The predicted octanol–water partition coefficient (Wildman–Crippen LogP) is 8.82. The Morgan fingerprint density at radius 2 is 1.68 bits per heavy atom. The van der Waals surface area contributed by atoms with Gasteiger partial charge in [-0.05, 0) is 100 Å². The SMILES string of the molecule is CC(C)COc1ccc2c(C(=O)NC3(c4ccccc4)CC3)c(CN3CCC(N4CCCCC4)CC3)c(-c3cccc(C(F)(F)F)c3)nc2c1. The van der Waals surface area contributed by atoms with Crippen molar-refractivity contribution in [1.82, 2.24) is 20.1 Å². The molecule has 0 unspecified atom stereocenters. The Hall–Kier alpha value is -3.95. The number of halogens is 3. The van der Waals surface area contributed by atoms with Gasteiger partial charge in [-0.3, -0.25) is 9.69 Å². The molecule has 0 spiro atoms. The molecule has 1 aromatic heterocycles. The Bertz CT molecular complexity index is 1810. The van der Waals surface area contributed by atoms with Gasteiger partial charge < -0.3 is 15.0 Å². The number of nitrogens with one attached hydrogen (secondary N) is 1. The zero-order chi connectivity index (χ0) is 34.9. The van der Waals surface area contributed by atoms with Gasteiger partial charge in [-0.2, -0.15) is 13.2 Å². The van der Waals surface area contributed by atoms with Crippen LogP contribution in [0.25, 0.3) is 22.2 Å². The Morgan fingerprint density at radius 1 is 0.940 bits per heavy atom. The summed E-state index contributed by atoms with van der Waals surface area (Å²) < 4.78 is 48.2. The van der Waals surface area contributed by atoms with Crippen LogP contribution in [0.5, 0.6) is 5.75 Å². The Kier molecular flexibility index (Phi) is 9.90. The summed E-state index contributed by atoms with van der Waals surface area (Å²) in [5.41, 5.74) is 2.21. The summed E-state index contributed by atoms with van der Waals surface area (Å²) in [5, 5.41) is 4.05. The normalized spacial score (nSPS) is 18.8. The van der Waals surface area contributed by atoms with Crippen molar-refractivity contribution in [2.45, 2.75) is 83.1 Å². The van der Waals surface area contributed by atoms with E-state index in [-0.39, 0.29) is 5.91 Å². The first-order chi connectivity index (χ1) is 24.1. The highest BCUT2D eigenvalue weighted by molar-refractivity contribution is 6.09. The van der Waals surface area contributed by atoms with Crippen LogP contribution in [0.15, 0.2) is 72.8 Å². The summed E-state index contributed by atoms with van der Waals surface area (Å²) in [6.07, 6.45) is 2.95. The lowest BCUT2D eigenvalue weighted by Crippen LogP contribution is -2.46. The Labute approximate surface area is 293 Å². The number of hydrogen-bond acceptors (Lipinski definition) is 5. The molecule has 0 radical (unpaired) electrons. The minimum atomic E-state index is -4.52. The number of alkyl halides is 3. The van der Waals surface area contributed by atoms with Crippen LogP contribution in [0.2, 0.25) is 0 Å². The van der Waals surface area contributed by atoms with Gasteiger partial charge in [0.25, 0.3) is 5.91 Å². The maximum Gasteiger partial charge on any atom is 0.416 e. The van der Waals surface area contributed by atoms with Crippen molar-refractivity contribution in [3.8, 4) is 17.0 Å². The van der Waals surface area contributed by atoms with Gasteiger partial charge in [-0.15, -0.1) is 0 Å². The van der Waals surface area contributed by atoms with Crippen LogP contribution in [0, 0.1) is 5.92 Å². The predicted molar refractivity (Wildman–Crippen MR) is 191 cm³/mol. The summed E-state index contributed by atoms with van der Waals surface area (Å²) >= 11 is 0. The van der Waals surface area contributed by atoms with Crippen molar-refractivity contribution in [3.63, 3.8) is 0 Å². The fourth-order valence-corrected chi connectivity index (χ4v) is 7.73. The molecule has 7 rings (SSSR count). The summed E-state index contributed by atoms with van der Waals surface area (Å²) in [4.78, 5) is 24.8. The molecule has 1 amide bonds. The maximum absolute atomic E-state index is 14.7. The van der Waals surface area contributed by atoms with Gasteiger partial charge in [0, 0.05) is 35.2 Å². The maximum atomic E-state index is 14.7. The first kappa shape index (κ1) is 34.5. The number of hydrogen-bond donors (Lipinski definition) is 1. The minimum absolute atomic E-state index is 0.235. The molecule has 2 saturated heterocycles. The fourth-order valence-electron chi connectivity index (χ4n) is 7.73. The molecule has 1 aliphatic carbocycles. The number of benzene rings is 3. The number of aromatic nitrogens is 1. The third-order valence-corrected chi connectivity index (χ3v) is 10.6. The molecule has 3 fully saturated rings. The van der Waals surface area contributed by atoms with Gasteiger partial charge in [-0.25, -0.2) is 4.98 Å². The van der Waals surface area contributed by atoms with Crippen molar-refractivity contribution in [2.24, 2.45) is 5.92 Å². The second-order valence-corrected chi connectivity index (χ2v) is 14.8. The number of nitrogens with zero attached hydrogens (tertiary/aromatic N) is 3. The lowest BCUT2D eigenvalue weighted by atomic mass is 9.93. The van der Waals surface area contributed by atoms with Gasteiger partial charge in [0.05, 0.1) is 34.5 Å². The van der Waals surface area contributed by atoms with Crippen LogP contribution in [-0.4, -0.2) is 59.5 Å². The molecule has 264 valence electrons. The number of ether oxygens (including phenoxy) is 1. The largest absolute Gasteiger partial charge is 0.493 e. The summed E-state index contributed by atoms with van der Waals surface area (Å²) in [6, 6.07) is 21.4. The van der Waals surface area contributed by atoms with E-state index in [0.29, 0.717) is 64.1 Å². The number of fused-ring (bicyclic) bond motifs is 1. The van der Waals surface area contributed by atoms with E-state index in [1.54, 1.807) is 6.07 Å². The lowest BCUT2D eigenvalue weighted by Gasteiger charge is -2.40. The third kappa shape index (κ3) is 7.54. The molecule has 0 bridgehead atoms. The smallest absolute Gasteiger partial charge is 0.416 e. The number of carbonyl (C=O) groups excluding carboxylic acids is 1. The van der Waals surface area contributed by atoms with Gasteiger partial charge >= 0.3 is 6.18 Å². The molecule has 3 aromatic carbocycles. The van der Waals surface area contributed by atoms with E-state index >= 15 is 0 Å². The van der Waals surface area contributed by atoms with E-state index in [2.05, 4.69) is 29.0 Å². The quantitative estimate of drug-likeness (QED) is 0.181. The average Bonchev–Trinajstić information content (AvgIpc) is 3.91. The van der Waals surface area contributed by atoms with Crippen molar-refractivity contribution < 1.29 is 22.7 Å². The number of pyridine rings is 1. The number of carbonyl (C=O) groups is 1. The second kappa shape index (κ2) is 14.3. The zero-order valence-electron chi connectivity index (χ0n) is 29.1. The molecule has 1 N–H and O–H groups in total. The molecule has 4 aromatic rings. The van der Waals surface area contributed by atoms with Gasteiger partial charge in [0.1, 0.15) is 5.75 Å². The number of piperidine rings is 2. The van der Waals surface area contributed by atoms with Crippen LogP contribution in [-0.2, 0) is 18.3 Å². The standard InChI is InChI=1S/C41H47F3N4O2/c1-28(2)27-50-33-14-15-34-36(25-33)45-38(29-10-9-13-31(24-29)41(42,43)44)35(26-47-22-16-32(17-23-47)48-20-7-4-8-21-48)37(34)39(49)46-40(18-19-40)30-11-5-3-6-12-30/h3,5-6,9-15,24-25,28,32H,4,7-8,16-23,26-27H2,1-2H3,(H,46,49). The molecule has 0 atom stereocenters. The van der Waals surface area contributed by atoms with Crippen LogP contribution in [0.1, 0.15) is 85.8 Å². The molecule has 3 aliphatic rings. The first-order valence-corrected chi connectivity index (χ1v) is 18.2. The Morgan fingerprint density at radius 3 is 2.36 bits per heavy atom. The highest BCUT2D eigenvalue weighted by atomic mass is 19.4. The van der Waals surface area contributed by atoms with Crippen LogP contribution in [0.3, 0.4) is 0 Å². The summed E-state index contributed by atoms with van der Waals surface area (Å²) in [6.45, 7) is 9.03. The molecular weight excluding hydrogens is 637 g/mol. The average molecular weight is 685 g/mol. The number of likely N-dealkylation sites (tertiary alicyclic amines) is 2. The van der Waals surface area contributed by atoms with Gasteiger partial charge in [-0.1, -0.05) is 62.7 Å². The van der Waals surface area contributed by atoms with E-state index in [0.717, 1.165) is 69.6 Å². The summed E-state index contributed by atoms with van der Waals surface area (Å²) in [7, 11) is 0. The second-order valence-electron chi connectivity index (χ2n) is 14.8. The van der Waals surface area contributed by atoms with Crippen molar-refractivity contribution in [3.05, 3.63) is 95.1 Å². The number of rotatable bonds is 10. The molecule has 1 saturated carbocycles.